The molecule has 0 aliphatic heterocycles. The van der Waals surface area contributed by atoms with Gasteiger partial charge in [0.25, 0.3) is 0 Å². The van der Waals surface area contributed by atoms with E-state index in [0.29, 0.717) is 17.0 Å². The summed E-state index contributed by atoms with van der Waals surface area (Å²) < 4.78 is 6.36. The molecule has 4 nitrogen and oxygen atoms in total. The van der Waals surface area contributed by atoms with Crippen molar-refractivity contribution in [3.63, 3.8) is 0 Å². The maximum atomic E-state index is 13.8. The molecule has 2 aliphatic rings. The van der Waals surface area contributed by atoms with Crippen LogP contribution in [0.2, 0.25) is 0 Å². The maximum absolute atomic E-state index is 13.8. The highest BCUT2D eigenvalue weighted by atomic mass is 35.5. The third-order valence-corrected chi connectivity index (χ3v) is 8.40. The van der Waals surface area contributed by atoms with Crippen molar-refractivity contribution in [3.8, 4) is 0 Å². The number of halogens is 1. The summed E-state index contributed by atoms with van der Waals surface area (Å²) in [5, 5.41) is 11.9. The first-order valence-corrected chi connectivity index (χ1v) is 11.3. The highest BCUT2D eigenvalue weighted by Crippen LogP contribution is 2.68. The second kappa shape index (κ2) is 8.81. The van der Waals surface area contributed by atoms with Crippen LogP contribution in [0.25, 0.3) is 0 Å². The lowest BCUT2D eigenvalue weighted by atomic mass is 9.70. The topological polar surface area (TPSA) is 49.8 Å². The number of fused-ring (bicyclic) bond motifs is 2. The van der Waals surface area contributed by atoms with E-state index in [1.165, 1.54) is 0 Å². The quantitative estimate of drug-likeness (QED) is 0.627. The van der Waals surface area contributed by atoms with Gasteiger partial charge in [-0.3, -0.25) is 0 Å². The number of rotatable bonds is 6. The third-order valence-electron chi connectivity index (χ3n) is 8.40. The van der Waals surface area contributed by atoms with Crippen LogP contribution >= 0.6 is 12.4 Å². The fourth-order valence-electron chi connectivity index (χ4n) is 6.33. The van der Waals surface area contributed by atoms with E-state index in [1.807, 2.05) is 36.4 Å². The minimum atomic E-state index is -1.84. The Morgan fingerprint density at radius 3 is 2.00 bits per heavy atom. The van der Waals surface area contributed by atoms with E-state index in [9.17, 15) is 9.90 Å². The number of hydrogen-bond donors (Lipinski definition) is 1. The molecule has 0 radical (unpaired) electrons. The summed E-state index contributed by atoms with van der Waals surface area (Å²) in [4.78, 5) is 16.0. The lowest BCUT2D eigenvalue weighted by molar-refractivity contribution is -0.179. The van der Waals surface area contributed by atoms with Crippen molar-refractivity contribution in [2.24, 2.45) is 22.7 Å². The summed E-state index contributed by atoms with van der Waals surface area (Å²) in [5.74, 6) is 0.172. The van der Waals surface area contributed by atoms with E-state index in [1.54, 1.807) is 24.3 Å². The molecule has 4 unspecified atom stereocenters. The Morgan fingerprint density at radius 2 is 1.53 bits per heavy atom. The molecule has 5 heteroatoms. The molecule has 0 heterocycles. The Bertz CT molecular complexity index is 891. The standard InChI is InChI=1S/C27H35NO3.ClH/c1-25(2)22-16-17-26(25,3)23(21(22)18-28(4)5)31-24(29)27(30,19-12-8-6-9-13-19)20-14-10-7-11-15-20;/h6-15,21-23,30H,16-18H2,1-5H3;1H. The number of carbonyl (C=O) groups excluding carboxylic acids is 1. The molecular formula is C27H36ClNO3. The number of carbonyl (C=O) groups is 1. The van der Waals surface area contributed by atoms with Crippen LogP contribution < -0.4 is 0 Å². The number of hydrogen-bond acceptors (Lipinski definition) is 4. The zero-order valence-electron chi connectivity index (χ0n) is 19.7. The van der Waals surface area contributed by atoms with Crippen LogP contribution in [0.1, 0.15) is 44.7 Å². The smallest absolute Gasteiger partial charge is 0.347 e. The second-order valence-electron chi connectivity index (χ2n) is 10.5. The summed E-state index contributed by atoms with van der Waals surface area (Å²) in [6.07, 6.45) is 1.98. The van der Waals surface area contributed by atoms with Crippen LogP contribution in [0.3, 0.4) is 0 Å². The monoisotopic (exact) mass is 457 g/mol. The number of aliphatic hydroxyl groups is 1. The van der Waals surface area contributed by atoms with Gasteiger partial charge in [0, 0.05) is 17.9 Å². The number of nitrogens with zero attached hydrogens (tertiary/aromatic N) is 1. The van der Waals surface area contributed by atoms with Gasteiger partial charge >= 0.3 is 5.97 Å². The molecule has 0 amide bonds. The van der Waals surface area contributed by atoms with Crippen LogP contribution in [-0.2, 0) is 15.1 Å². The first-order valence-electron chi connectivity index (χ1n) is 11.3. The van der Waals surface area contributed by atoms with Crippen LogP contribution in [0, 0.1) is 22.7 Å². The summed E-state index contributed by atoms with van der Waals surface area (Å²) >= 11 is 0. The van der Waals surface area contributed by atoms with Gasteiger partial charge in [-0.1, -0.05) is 81.4 Å². The van der Waals surface area contributed by atoms with Gasteiger partial charge in [-0.05, 0) is 49.4 Å². The van der Waals surface area contributed by atoms with Gasteiger partial charge in [0.05, 0.1) is 0 Å². The summed E-state index contributed by atoms with van der Waals surface area (Å²) in [6, 6.07) is 18.3. The molecule has 0 aromatic heterocycles. The summed E-state index contributed by atoms with van der Waals surface area (Å²) in [6.45, 7) is 7.78. The molecule has 174 valence electrons. The van der Waals surface area contributed by atoms with E-state index in [-0.39, 0.29) is 35.3 Å². The largest absolute Gasteiger partial charge is 0.459 e. The van der Waals surface area contributed by atoms with Crippen LogP contribution in [-0.4, -0.2) is 42.7 Å². The lowest BCUT2D eigenvalue weighted by Gasteiger charge is -2.41. The molecule has 4 rings (SSSR count). The van der Waals surface area contributed by atoms with Gasteiger partial charge in [0.2, 0.25) is 5.60 Å². The summed E-state index contributed by atoms with van der Waals surface area (Å²) in [7, 11) is 4.15. The average Bonchev–Trinajstić information content (AvgIpc) is 3.07. The van der Waals surface area contributed by atoms with Crippen LogP contribution in [0.5, 0.6) is 0 Å². The highest BCUT2D eigenvalue weighted by molar-refractivity contribution is 5.86. The Balaban J connectivity index is 0.00000289. The van der Waals surface area contributed by atoms with E-state index in [0.717, 1.165) is 19.4 Å². The fraction of sp³-hybridized carbons (Fsp3) is 0.519. The van der Waals surface area contributed by atoms with E-state index < -0.39 is 11.6 Å². The third kappa shape index (κ3) is 3.67. The van der Waals surface area contributed by atoms with Gasteiger partial charge in [-0.2, -0.15) is 0 Å². The van der Waals surface area contributed by atoms with Crippen molar-refractivity contribution in [3.05, 3.63) is 71.8 Å². The zero-order chi connectivity index (χ0) is 22.4. The van der Waals surface area contributed by atoms with E-state index in [4.69, 9.17) is 4.74 Å². The molecule has 1 N–H and O–H groups in total. The van der Waals surface area contributed by atoms with Gasteiger partial charge in [0.1, 0.15) is 6.10 Å². The number of esters is 1. The number of benzene rings is 2. The van der Waals surface area contributed by atoms with Crippen LogP contribution in [0.4, 0.5) is 0 Å². The van der Waals surface area contributed by atoms with E-state index in [2.05, 4.69) is 39.8 Å². The average molecular weight is 458 g/mol. The molecule has 0 spiro atoms. The predicted octanol–water partition coefficient (Wildman–Crippen LogP) is 4.89. The van der Waals surface area contributed by atoms with E-state index >= 15 is 0 Å². The van der Waals surface area contributed by atoms with Crippen molar-refractivity contribution >= 4 is 18.4 Å². The molecule has 2 bridgehead atoms. The van der Waals surface area contributed by atoms with Crippen molar-refractivity contribution < 1.29 is 14.6 Å². The van der Waals surface area contributed by atoms with Gasteiger partial charge in [-0.25, -0.2) is 4.79 Å². The van der Waals surface area contributed by atoms with Gasteiger partial charge in [-0.15, -0.1) is 12.4 Å². The molecule has 2 aliphatic carbocycles. The number of ether oxygens (including phenoxy) is 1. The Hall–Kier alpha value is -1.88. The highest BCUT2D eigenvalue weighted by Gasteiger charge is 2.68. The SMILES string of the molecule is CN(C)CC1C2CCC(C)(C1OC(=O)C(O)(c1ccccc1)c1ccccc1)C2(C)C.Cl. The second-order valence-corrected chi connectivity index (χ2v) is 10.5. The minimum absolute atomic E-state index is 0. The fourth-order valence-corrected chi connectivity index (χ4v) is 6.33. The minimum Gasteiger partial charge on any atom is -0.459 e. The Morgan fingerprint density at radius 1 is 1.03 bits per heavy atom. The van der Waals surface area contributed by atoms with Crippen molar-refractivity contribution in [2.75, 3.05) is 20.6 Å². The molecule has 2 aromatic rings. The summed E-state index contributed by atoms with van der Waals surface area (Å²) in [5.41, 5.74) is -0.808. The molecule has 2 saturated carbocycles. The Labute approximate surface area is 198 Å². The molecular weight excluding hydrogens is 422 g/mol. The predicted molar refractivity (Wildman–Crippen MR) is 130 cm³/mol. The molecule has 4 atom stereocenters. The normalized spacial score (nSPS) is 28.4. The zero-order valence-corrected chi connectivity index (χ0v) is 20.6. The van der Waals surface area contributed by atoms with Crippen molar-refractivity contribution in [2.45, 2.75) is 45.3 Å². The first-order chi connectivity index (χ1) is 14.6. The molecule has 0 saturated heterocycles. The Kier molecular flexibility index (Phi) is 6.82. The molecule has 2 fully saturated rings. The van der Waals surface area contributed by atoms with Gasteiger partial charge < -0.3 is 14.7 Å². The molecule has 2 aromatic carbocycles. The first kappa shape index (κ1) is 24.8. The van der Waals surface area contributed by atoms with Crippen LogP contribution in [0.15, 0.2) is 60.7 Å². The van der Waals surface area contributed by atoms with Crippen molar-refractivity contribution in [1.82, 2.24) is 4.90 Å². The lowest BCUT2D eigenvalue weighted by Crippen LogP contribution is -2.48. The molecule has 32 heavy (non-hydrogen) atoms. The van der Waals surface area contributed by atoms with Gasteiger partial charge in [0.15, 0.2) is 0 Å². The van der Waals surface area contributed by atoms with Crippen molar-refractivity contribution in [1.29, 1.82) is 0 Å². The maximum Gasteiger partial charge on any atom is 0.347 e.